The topological polar surface area (TPSA) is 104 Å². The van der Waals surface area contributed by atoms with Gasteiger partial charge in [0.2, 0.25) is 11.7 Å². The monoisotopic (exact) mass is 457 g/mol. The molecule has 0 saturated heterocycles. The van der Waals surface area contributed by atoms with E-state index in [-0.39, 0.29) is 11.3 Å². The van der Waals surface area contributed by atoms with Crippen molar-refractivity contribution in [3.63, 3.8) is 0 Å². The Morgan fingerprint density at radius 2 is 1.84 bits per heavy atom. The first-order chi connectivity index (χ1) is 15.0. The fourth-order valence-corrected chi connectivity index (χ4v) is 4.72. The molecule has 4 aromatic rings. The SMILES string of the molecule is COc1ccc(S(=O)(=O)Nc2ccccc2Cc2nc(-c3cccs3)no2)cc1OC. The fourth-order valence-electron chi connectivity index (χ4n) is 2.96. The number of nitrogens with zero attached hydrogens (tertiary/aromatic N) is 2. The second-order valence-electron chi connectivity index (χ2n) is 6.45. The van der Waals surface area contributed by atoms with Crippen LogP contribution >= 0.6 is 11.3 Å². The quantitative estimate of drug-likeness (QED) is 0.423. The second kappa shape index (κ2) is 8.78. The number of rotatable bonds is 8. The van der Waals surface area contributed by atoms with E-state index in [1.165, 1.54) is 37.7 Å². The van der Waals surface area contributed by atoms with Gasteiger partial charge in [-0.25, -0.2) is 8.42 Å². The van der Waals surface area contributed by atoms with E-state index in [0.29, 0.717) is 34.5 Å². The highest BCUT2D eigenvalue weighted by Gasteiger charge is 2.19. The van der Waals surface area contributed by atoms with Crippen molar-refractivity contribution in [2.75, 3.05) is 18.9 Å². The van der Waals surface area contributed by atoms with Crippen LogP contribution in [0.2, 0.25) is 0 Å². The summed E-state index contributed by atoms with van der Waals surface area (Å²) in [6.07, 6.45) is 0.281. The van der Waals surface area contributed by atoms with Crippen LogP contribution in [0.3, 0.4) is 0 Å². The molecule has 0 fully saturated rings. The van der Waals surface area contributed by atoms with E-state index < -0.39 is 10.0 Å². The molecule has 0 aliphatic carbocycles. The van der Waals surface area contributed by atoms with Gasteiger partial charge in [0.1, 0.15) is 0 Å². The maximum atomic E-state index is 13.0. The van der Waals surface area contributed by atoms with Crippen molar-refractivity contribution >= 4 is 27.0 Å². The Labute approximate surface area is 183 Å². The molecular formula is C21H19N3O5S2. The fraction of sp³-hybridized carbons (Fsp3) is 0.143. The lowest BCUT2D eigenvalue weighted by Gasteiger charge is -2.13. The van der Waals surface area contributed by atoms with Crippen LogP contribution in [0.25, 0.3) is 10.7 Å². The van der Waals surface area contributed by atoms with Crippen molar-refractivity contribution in [2.45, 2.75) is 11.3 Å². The van der Waals surface area contributed by atoms with Gasteiger partial charge in [0, 0.05) is 6.07 Å². The molecule has 0 saturated carbocycles. The summed E-state index contributed by atoms with van der Waals surface area (Å²) in [6.45, 7) is 0. The molecule has 10 heteroatoms. The molecule has 0 aliphatic rings. The molecule has 0 bridgehead atoms. The molecule has 0 aliphatic heterocycles. The van der Waals surface area contributed by atoms with Crippen LogP contribution in [0.15, 0.2) is 69.4 Å². The number of benzene rings is 2. The Balaban J connectivity index is 1.59. The first-order valence-electron chi connectivity index (χ1n) is 9.19. The second-order valence-corrected chi connectivity index (χ2v) is 9.08. The molecule has 1 N–H and O–H groups in total. The Kier molecular flexibility index (Phi) is 5.92. The molecule has 160 valence electrons. The minimum Gasteiger partial charge on any atom is -0.493 e. The van der Waals surface area contributed by atoms with Gasteiger partial charge >= 0.3 is 0 Å². The highest BCUT2D eigenvalue weighted by atomic mass is 32.2. The van der Waals surface area contributed by atoms with Crippen molar-refractivity contribution in [1.82, 2.24) is 10.1 Å². The maximum absolute atomic E-state index is 13.0. The lowest BCUT2D eigenvalue weighted by molar-refractivity contribution is 0.354. The predicted molar refractivity (Wildman–Crippen MR) is 117 cm³/mol. The summed E-state index contributed by atoms with van der Waals surface area (Å²) in [7, 11) is -0.928. The summed E-state index contributed by atoms with van der Waals surface area (Å²) in [5.74, 6) is 1.67. The molecule has 0 spiro atoms. The number of thiophene rings is 1. The van der Waals surface area contributed by atoms with Crippen molar-refractivity contribution in [3.05, 3.63) is 71.4 Å². The van der Waals surface area contributed by atoms with Crippen molar-refractivity contribution in [2.24, 2.45) is 0 Å². The summed E-state index contributed by atoms with van der Waals surface area (Å²) >= 11 is 1.51. The number of aromatic nitrogens is 2. The lowest BCUT2D eigenvalue weighted by Crippen LogP contribution is -2.14. The number of hydrogen-bond donors (Lipinski definition) is 1. The Morgan fingerprint density at radius 3 is 2.58 bits per heavy atom. The largest absolute Gasteiger partial charge is 0.493 e. The van der Waals surface area contributed by atoms with Gasteiger partial charge < -0.3 is 14.0 Å². The van der Waals surface area contributed by atoms with Gasteiger partial charge in [-0.3, -0.25) is 4.72 Å². The first kappa shape index (κ1) is 20.9. The van der Waals surface area contributed by atoms with Crippen LogP contribution in [-0.4, -0.2) is 32.8 Å². The normalized spacial score (nSPS) is 11.3. The van der Waals surface area contributed by atoms with Gasteiger partial charge in [-0.05, 0) is 35.2 Å². The van der Waals surface area contributed by atoms with Crippen LogP contribution in [0.4, 0.5) is 5.69 Å². The van der Waals surface area contributed by atoms with E-state index >= 15 is 0 Å². The summed E-state index contributed by atoms with van der Waals surface area (Å²) < 4.78 is 44.3. The van der Waals surface area contributed by atoms with Gasteiger partial charge in [0.15, 0.2) is 11.5 Å². The van der Waals surface area contributed by atoms with Crippen molar-refractivity contribution in [3.8, 4) is 22.2 Å². The number of hydrogen-bond acceptors (Lipinski definition) is 8. The number of sulfonamides is 1. The van der Waals surface area contributed by atoms with E-state index in [9.17, 15) is 8.42 Å². The molecule has 0 radical (unpaired) electrons. The van der Waals surface area contributed by atoms with Crippen LogP contribution in [0.5, 0.6) is 11.5 Å². The highest BCUT2D eigenvalue weighted by Crippen LogP contribution is 2.31. The lowest BCUT2D eigenvalue weighted by atomic mass is 10.1. The molecule has 2 aromatic carbocycles. The Hall–Kier alpha value is -3.37. The molecule has 4 rings (SSSR count). The molecule has 2 aromatic heterocycles. The molecular weight excluding hydrogens is 438 g/mol. The van der Waals surface area contributed by atoms with Gasteiger partial charge in [-0.1, -0.05) is 29.4 Å². The number of methoxy groups -OCH3 is 2. The van der Waals surface area contributed by atoms with E-state index in [0.717, 1.165) is 4.88 Å². The summed E-state index contributed by atoms with van der Waals surface area (Å²) in [5.41, 5.74) is 1.13. The smallest absolute Gasteiger partial charge is 0.262 e. The predicted octanol–water partition coefficient (Wildman–Crippen LogP) is 4.21. The number of para-hydroxylation sites is 1. The molecule has 0 unspecified atom stereocenters. The van der Waals surface area contributed by atoms with Crippen LogP contribution < -0.4 is 14.2 Å². The van der Waals surface area contributed by atoms with E-state index in [4.69, 9.17) is 14.0 Å². The molecule has 0 atom stereocenters. The van der Waals surface area contributed by atoms with Crippen LogP contribution in [0, 0.1) is 0 Å². The van der Waals surface area contributed by atoms with Gasteiger partial charge in [-0.2, -0.15) is 4.98 Å². The van der Waals surface area contributed by atoms with E-state index in [1.54, 1.807) is 18.2 Å². The van der Waals surface area contributed by atoms with Gasteiger partial charge in [-0.15, -0.1) is 11.3 Å². The summed E-state index contributed by atoms with van der Waals surface area (Å²) in [4.78, 5) is 5.36. The van der Waals surface area contributed by atoms with Gasteiger partial charge in [0.25, 0.3) is 10.0 Å². The minimum absolute atomic E-state index is 0.0534. The standard InChI is InChI=1S/C21H19N3O5S2/c1-27-17-10-9-15(13-18(17)28-2)31(25,26)24-16-7-4-3-6-14(16)12-20-22-21(23-29-20)19-8-5-11-30-19/h3-11,13,24H,12H2,1-2H3. The number of nitrogens with one attached hydrogen (secondary N) is 1. The summed E-state index contributed by atoms with van der Waals surface area (Å²) in [5, 5.41) is 5.94. The van der Waals surface area contributed by atoms with Crippen molar-refractivity contribution < 1.29 is 22.4 Å². The van der Waals surface area contributed by atoms with Crippen LogP contribution in [-0.2, 0) is 16.4 Å². The third-order valence-electron chi connectivity index (χ3n) is 4.48. The molecule has 2 heterocycles. The highest BCUT2D eigenvalue weighted by molar-refractivity contribution is 7.92. The van der Waals surface area contributed by atoms with E-state index in [1.807, 2.05) is 29.6 Å². The minimum atomic E-state index is -3.87. The number of anilines is 1. The average Bonchev–Trinajstić information content (AvgIpc) is 3.46. The summed E-state index contributed by atoms with van der Waals surface area (Å²) in [6, 6.07) is 15.3. The van der Waals surface area contributed by atoms with Gasteiger partial charge in [0.05, 0.1) is 36.1 Å². The maximum Gasteiger partial charge on any atom is 0.262 e. The molecule has 0 amide bonds. The zero-order valence-corrected chi connectivity index (χ0v) is 18.4. The zero-order valence-electron chi connectivity index (χ0n) is 16.7. The Bertz CT molecular complexity index is 1280. The van der Waals surface area contributed by atoms with Crippen LogP contribution in [0.1, 0.15) is 11.5 Å². The number of ether oxygens (including phenoxy) is 2. The van der Waals surface area contributed by atoms with E-state index in [2.05, 4.69) is 14.9 Å². The zero-order chi connectivity index (χ0) is 21.8. The molecule has 8 nitrogen and oxygen atoms in total. The first-order valence-corrected chi connectivity index (χ1v) is 11.6. The third kappa shape index (κ3) is 4.54. The molecule has 31 heavy (non-hydrogen) atoms. The Morgan fingerprint density at radius 1 is 1.03 bits per heavy atom. The van der Waals surface area contributed by atoms with Crippen molar-refractivity contribution in [1.29, 1.82) is 0 Å². The third-order valence-corrected chi connectivity index (χ3v) is 6.71. The average molecular weight is 458 g/mol.